The van der Waals surface area contributed by atoms with Crippen LogP contribution in [0.3, 0.4) is 0 Å². The van der Waals surface area contributed by atoms with Gasteiger partial charge in [-0.15, -0.1) is 22.7 Å². The Bertz CT molecular complexity index is 1100. The van der Waals surface area contributed by atoms with Crippen LogP contribution in [0.2, 0.25) is 0 Å². The smallest absolute Gasteiger partial charge is 0.349 e. The van der Waals surface area contributed by atoms with E-state index in [1.54, 1.807) is 17.4 Å². The highest BCUT2D eigenvalue weighted by Gasteiger charge is 2.22. The number of nitrogens with one attached hydrogen (secondary N) is 1. The molecule has 0 aliphatic heterocycles. The van der Waals surface area contributed by atoms with Crippen molar-refractivity contribution in [1.82, 2.24) is 9.97 Å². The van der Waals surface area contributed by atoms with Gasteiger partial charge in [-0.2, -0.15) is 0 Å². The molecule has 0 aliphatic rings. The fourth-order valence-corrected chi connectivity index (χ4v) is 4.86. The van der Waals surface area contributed by atoms with E-state index < -0.39 is 18.0 Å². The van der Waals surface area contributed by atoms with Gasteiger partial charge in [-0.25, -0.2) is 14.8 Å². The van der Waals surface area contributed by atoms with Gasteiger partial charge < -0.3 is 4.74 Å². The first-order chi connectivity index (χ1) is 12.6. The maximum Gasteiger partial charge on any atom is 0.349 e. The summed E-state index contributed by atoms with van der Waals surface area (Å²) in [4.78, 5) is 32.8. The average molecular weight is 383 g/mol. The van der Waals surface area contributed by atoms with Crippen LogP contribution in [0.5, 0.6) is 0 Å². The van der Waals surface area contributed by atoms with Crippen molar-refractivity contribution in [3.05, 3.63) is 53.7 Å². The van der Waals surface area contributed by atoms with Gasteiger partial charge in [0.1, 0.15) is 4.88 Å². The molecule has 1 atom stereocenters. The Kier molecular flexibility index (Phi) is 4.36. The highest BCUT2D eigenvalue weighted by atomic mass is 32.1. The summed E-state index contributed by atoms with van der Waals surface area (Å²) < 4.78 is 8.58. The molecule has 0 saturated carbocycles. The largest absolute Gasteiger partial charge is 0.448 e. The summed E-state index contributed by atoms with van der Waals surface area (Å²) in [6, 6.07) is 11.5. The molecular formula is C18H13N3O3S2. The van der Waals surface area contributed by atoms with E-state index in [0.29, 0.717) is 4.88 Å². The molecule has 26 heavy (non-hydrogen) atoms. The number of carbonyl (C=O) groups is 2. The fraction of sp³-hybridized carbons (Fsp3) is 0.111. The third kappa shape index (κ3) is 3.16. The van der Waals surface area contributed by atoms with E-state index in [1.807, 2.05) is 24.3 Å². The van der Waals surface area contributed by atoms with Gasteiger partial charge in [0.25, 0.3) is 5.91 Å². The maximum atomic E-state index is 12.4. The third-order valence-corrected chi connectivity index (χ3v) is 6.10. The lowest BCUT2D eigenvalue weighted by atomic mass is 10.2. The van der Waals surface area contributed by atoms with E-state index in [0.717, 1.165) is 14.8 Å². The lowest BCUT2D eigenvalue weighted by molar-refractivity contribution is -0.123. The number of ether oxygens (including phenoxy) is 1. The summed E-state index contributed by atoms with van der Waals surface area (Å²) in [6.07, 6.45) is 2.08. The molecule has 8 heteroatoms. The lowest BCUT2D eigenvalue weighted by Gasteiger charge is -2.11. The molecule has 6 nitrogen and oxygen atoms in total. The van der Waals surface area contributed by atoms with Crippen LogP contribution >= 0.6 is 22.7 Å². The second-order valence-corrected chi connectivity index (χ2v) is 7.65. The van der Waals surface area contributed by atoms with E-state index >= 15 is 0 Å². The first-order valence-corrected chi connectivity index (χ1v) is 9.45. The second-order valence-electron chi connectivity index (χ2n) is 5.51. The van der Waals surface area contributed by atoms with Crippen LogP contribution in [-0.4, -0.2) is 27.9 Å². The van der Waals surface area contributed by atoms with Crippen LogP contribution in [0.25, 0.3) is 19.5 Å². The van der Waals surface area contributed by atoms with Gasteiger partial charge in [0.05, 0.1) is 4.70 Å². The van der Waals surface area contributed by atoms with Gasteiger partial charge in [-0.1, -0.05) is 18.2 Å². The Morgan fingerprint density at radius 2 is 1.85 bits per heavy atom. The minimum absolute atomic E-state index is 0.170. The van der Waals surface area contributed by atoms with E-state index in [9.17, 15) is 9.59 Å². The molecule has 1 N–H and O–H groups in total. The molecule has 3 heterocycles. The summed E-state index contributed by atoms with van der Waals surface area (Å²) in [6.45, 7) is 1.52. The van der Waals surface area contributed by atoms with Crippen molar-refractivity contribution in [3.63, 3.8) is 0 Å². The summed E-state index contributed by atoms with van der Waals surface area (Å²) >= 11 is 3.01. The SMILES string of the molecule is C[C@@H](OC(=O)c1cc2sc3ccccc3c2s1)C(=O)Nc1ncccn1. The number of nitrogens with zero attached hydrogens (tertiary/aromatic N) is 2. The number of hydrogen-bond donors (Lipinski definition) is 1. The predicted molar refractivity (Wildman–Crippen MR) is 103 cm³/mol. The quantitative estimate of drug-likeness (QED) is 0.537. The molecule has 3 aromatic heterocycles. The first-order valence-electron chi connectivity index (χ1n) is 7.82. The lowest BCUT2D eigenvalue weighted by Crippen LogP contribution is -2.30. The van der Waals surface area contributed by atoms with Crippen molar-refractivity contribution in [2.24, 2.45) is 0 Å². The van der Waals surface area contributed by atoms with Crippen molar-refractivity contribution < 1.29 is 14.3 Å². The maximum absolute atomic E-state index is 12.4. The molecular weight excluding hydrogens is 370 g/mol. The molecule has 0 unspecified atom stereocenters. The summed E-state index contributed by atoms with van der Waals surface area (Å²) in [5.41, 5.74) is 0. The Labute approximate surface area is 156 Å². The molecule has 1 aromatic carbocycles. The van der Waals surface area contributed by atoms with Crippen LogP contribution in [0, 0.1) is 0 Å². The van der Waals surface area contributed by atoms with Gasteiger partial charge in [-0.05, 0) is 25.1 Å². The van der Waals surface area contributed by atoms with Crippen molar-refractivity contribution in [3.8, 4) is 0 Å². The summed E-state index contributed by atoms with van der Waals surface area (Å²) in [5.74, 6) is -0.823. The average Bonchev–Trinajstić information content (AvgIpc) is 3.20. The number of rotatable bonds is 4. The number of aromatic nitrogens is 2. The molecule has 1 amide bonds. The van der Waals surface area contributed by atoms with Crippen LogP contribution in [-0.2, 0) is 9.53 Å². The zero-order chi connectivity index (χ0) is 18.1. The summed E-state index contributed by atoms with van der Waals surface area (Å²) in [7, 11) is 0. The fourth-order valence-electron chi connectivity index (χ4n) is 2.45. The Morgan fingerprint density at radius 1 is 1.08 bits per heavy atom. The molecule has 4 rings (SSSR count). The Balaban J connectivity index is 1.48. The summed E-state index contributed by atoms with van der Waals surface area (Å²) in [5, 5.41) is 3.64. The monoisotopic (exact) mass is 383 g/mol. The highest BCUT2D eigenvalue weighted by molar-refractivity contribution is 7.33. The van der Waals surface area contributed by atoms with Crippen LogP contribution in [0.15, 0.2) is 48.8 Å². The first kappa shape index (κ1) is 16.6. The van der Waals surface area contributed by atoms with Crippen LogP contribution in [0.4, 0.5) is 5.95 Å². The molecule has 0 spiro atoms. The molecule has 0 bridgehead atoms. The molecule has 0 saturated heterocycles. The number of esters is 1. The minimum Gasteiger partial charge on any atom is -0.448 e. The second kappa shape index (κ2) is 6.81. The van der Waals surface area contributed by atoms with E-state index in [4.69, 9.17) is 4.74 Å². The van der Waals surface area contributed by atoms with E-state index in [2.05, 4.69) is 21.4 Å². The van der Waals surface area contributed by atoms with E-state index in [-0.39, 0.29) is 5.95 Å². The van der Waals surface area contributed by atoms with Gasteiger partial charge in [-0.3, -0.25) is 10.1 Å². The van der Waals surface area contributed by atoms with Crippen molar-refractivity contribution in [2.75, 3.05) is 5.32 Å². The number of hydrogen-bond acceptors (Lipinski definition) is 7. The third-order valence-electron chi connectivity index (χ3n) is 3.70. The molecule has 0 aliphatic carbocycles. The Morgan fingerprint density at radius 3 is 2.65 bits per heavy atom. The molecule has 4 aromatic rings. The van der Waals surface area contributed by atoms with Crippen molar-refractivity contribution >= 4 is 60.0 Å². The topological polar surface area (TPSA) is 81.2 Å². The highest BCUT2D eigenvalue weighted by Crippen LogP contribution is 2.39. The zero-order valence-corrected chi connectivity index (χ0v) is 15.3. The van der Waals surface area contributed by atoms with Gasteiger partial charge >= 0.3 is 5.97 Å². The molecule has 0 fully saturated rings. The number of carbonyl (C=O) groups excluding carboxylic acids is 2. The zero-order valence-electron chi connectivity index (χ0n) is 13.6. The van der Waals surface area contributed by atoms with Gasteiger partial charge in [0.2, 0.25) is 5.95 Å². The van der Waals surface area contributed by atoms with Crippen molar-refractivity contribution in [2.45, 2.75) is 13.0 Å². The predicted octanol–water partition coefficient (Wildman–Crippen LogP) is 4.09. The minimum atomic E-state index is -0.955. The molecule has 0 radical (unpaired) electrons. The number of benzene rings is 1. The van der Waals surface area contributed by atoms with Crippen molar-refractivity contribution in [1.29, 1.82) is 0 Å². The number of amides is 1. The van der Waals surface area contributed by atoms with Crippen LogP contribution < -0.4 is 5.32 Å². The number of anilines is 1. The Hall–Kier alpha value is -2.84. The normalized spacial score (nSPS) is 12.2. The number of thiophene rings is 2. The van der Waals surface area contributed by atoms with Crippen LogP contribution in [0.1, 0.15) is 16.6 Å². The molecule has 130 valence electrons. The van der Waals surface area contributed by atoms with Gasteiger partial charge in [0.15, 0.2) is 6.10 Å². The van der Waals surface area contributed by atoms with E-state index in [1.165, 1.54) is 35.4 Å². The number of fused-ring (bicyclic) bond motifs is 3. The van der Waals surface area contributed by atoms with Gasteiger partial charge in [0, 0.05) is 27.2 Å². The standard InChI is InChI=1S/C18H13N3O3S2/c1-10(16(22)21-18-19-7-4-8-20-18)24-17(23)14-9-13-15(26-14)11-5-2-3-6-12(11)25-13/h2-10H,1H3,(H,19,20,21,22)/t10-/m1/s1.